The molecule has 0 spiro atoms. The summed E-state index contributed by atoms with van der Waals surface area (Å²) in [6, 6.07) is 2.86. The fourth-order valence-electron chi connectivity index (χ4n) is 1.79. The number of nitrogen functional groups attached to an aromatic ring is 1. The van der Waals surface area contributed by atoms with Crippen LogP contribution in [0.2, 0.25) is 10.0 Å². The van der Waals surface area contributed by atoms with Crippen LogP contribution < -0.4 is 5.73 Å². The van der Waals surface area contributed by atoms with Crippen LogP contribution in [0.5, 0.6) is 0 Å². The van der Waals surface area contributed by atoms with Gasteiger partial charge in [-0.1, -0.05) is 23.2 Å². The molecular weight excluding hydrogens is 352 g/mol. The standard InChI is InChI=1S/C13H8Cl2FN3O4/c1-23-13(20)12-11(15)8(17)4-9(18-12)5-2-10(19(21)22)6(14)3-7(5)16/h2-4H,1H3,(H2,17,18). The summed E-state index contributed by atoms with van der Waals surface area (Å²) in [5.41, 5.74) is 4.38. The number of hydrogen-bond donors (Lipinski definition) is 1. The maximum atomic E-state index is 14.1. The summed E-state index contributed by atoms with van der Waals surface area (Å²) >= 11 is 11.5. The Morgan fingerprint density at radius 3 is 2.61 bits per heavy atom. The summed E-state index contributed by atoms with van der Waals surface area (Å²) in [6.07, 6.45) is 0. The van der Waals surface area contributed by atoms with Gasteiger partial charge in [0.2, 0.25) is 0 Å². The van der Waals surface area contributed by atoms with E-state index in [0.717, 1.165) is 19.2 Å². The molecule has 2 rings (SSSR count). The van der Waals surface area contributed by atoms with Gasteiger partial charge in [-0.3, -0.25) is 10.1 Å². The Morgan fingerprint density at radius 2 is 2.04 bits per heavy atom. The summed E-state index contributed by atoms with van der Waals surface area (Å²) in [7, 11) is 1.11. The van der Waals surface area contributed by atoms with E-state index >= 15 is 0 Å². The summed E-state index contributed by atoms with van der Waals surface area (Å²) in [6.45, 7) is 0. The first kappa shape index (κ1) is 16.9. The van der Waals surface area contributed by atoms with Gasteiger partial charge < -0.3 is 10.5 Å². The van der Waals surface area contributed by atoms with Crippen molar-refractivity contribution in [1.29, 1.82) is 0 Å². The van der Waals surface area contributed by atoms with Crippen LogP contribution in [0.3, 0.4) is 0 Å². The highest BCUT2D eigenvalue weighted by atomic mass is 35.5. The number of nitro benzene ring substituents is 1. The zero-order valence-electron chi connectivity index (χ0n) is 11.5. The molecular formula is C13H8Cl2FN3O4. The van der Waals surface area contributed by atoms with Crippen molar-refractivity contribution in [3.63, 3.8) is 0 Å². The molecule has 0 aliphatic rings. The van der Waals surface area contributed by atoms with Gasteiger partial charge in [0.25, 0.3) is 5.69 Å². The van der Waals surface area contributed by atoms with E-state index in [0.29, 0.717) is 0 Å². The summed E-state index contributed by atoms with van der Waals surface area (Å²) in [5.74, 6) is -1.75. The van der Waals surface area contributed by atoms with E-state index < -0.39 is 22.4 Å². The highest BCUT2D eigenvalue weighted by molar-refractivity contribution is 6.35. The number of carbonyl (C=O) groups excluding carboxylic acids is 1. The molecule has 2 aromatic rings. The molecule has 23 heavy (non-hydrogen) atoms. The topological polar surface area (TPSA) is 108 Å². The number of pyridine rings is 1. The number of carbonyl (C=O) groups is 1. The van der Waals surface area contributed by atoms with Crippen molar-refractivity contribution in [3.8, 4) is 11.3 Å². The lowest BCUT2D eigenvalue weighted by molar-refractivity contribution is -0.384. The predicted molar refractivity (Wildman–Crippen MR) is 82.1 cm³/mol. The first-order valence-electron chi connectivity index (χ1n) is 5.94. The van der Waals surface area contributed by atoms with Crippen LogP contribution in [-0.2, 0) is 4.74 Å². The maximum absolute atomic E-state index is 14.1. The first-order valence-corrected chi connectivity index (χ1v) is 6.70. The third-order valence-electron chi connectivity index (χ3n) is 2.87. The SMILES string of the molecule is COC(=O)c1nc(-c2cc([N+](=O)[O-])c(Cl)cc2F)cc(N)c1Cl. The van der Waals surface area contributed by atoms with E-state index in [1.807, 2.05) is 0 Å². The van der Waals surface area contributed by atoms with E-state index in [4.69, 9.17) is 28.9 Å². The van der Waals surface area contributed by atoms with Crippen LogP contribution in [0, 0.1) is 15.9 Å². The van der Waals surface area contributed by atoms with Crippen LogP contribution >= 0.6 is 23.2 Å². The highest BCUT2D eigenvalue weighted by Gasteiger charge is 2.22. The van der Waals surface area contributed by atoms with E-state index in [1.54, 1.807) is 0 Å². The second-order valence-electron chi connectivity index (χ2n) is 4.29. The van der Waals surface area contributed by atoms with Gasteiger partial charge in [-0.05, 0) is 6.07 Å². The number of methoxy groups -OCH3 is 1. The van der Waals surface area contributed by atoms with Crippen LogP contribution in [0.15, 0.2) is 18.2 Å². The van der Waals surface area contributed by atoms with Crippen molar-refractivity contribution in [3.05, 3.63) is 49.9 Å². The Hall–Kier alpha value is -2.45. The second kappa shape index (κ2) is 6.35. The smallest absolute Gasteiger partial charge is 0.358 e. The molecule has 1 aromatic heterocycles. The largest absolute Gasteiger partial charge is 0.464 e. The number of nitro groups is 1. The van der Waals surface area contributed by atoms with Gasteiger partial charge in [0.1, 0.15) is 10.8 Å². The van der Waals surface area contributed by atoms with Gasteiger partial charge in [0.05, 0.1) is 28.4 Å². The average molecular weight is 360 g/mol. The number of anilines is 1. The quantitative estimate of drug-likeness (QED) is 0.510. The predicted octanol–water partition coefficient (Wildman–Crippen LogP) is 3.47. The van der Waals surface area contributed by atoms with Crippen molar-refractivity contribution in [2.24, 2.45) is 0 Å². The van der Waals surface area contributed by atoms with Gasteiger partial charge in [-0.2, -0.15) is 0 Å². The molecule has 0 bridgehead atoms. The number of aromatic nitrogens is 1. The Kier molecular flexibility index (Phi) is 4.67. The first-order chi connectivity index (χ1) is 10.8. The third kappa shape index (κ3) is 3.17. The van der Waals surface area contributed by atoms with E-state index in [1.165, 1.54) is 6.07 Å². The molecule has 0 fully saturated rings. The summed E-state index contributed by atoms with van der Waals surface area (Å²) in [5, 5.41) is 10.4. The van der Waals surface area contributed by atoms with Gasteiger partial charge in [0, 0.05) is 17.7 Å². The summed E-state index contributed by atoms with van der Waals surface area (Å²) < 4.78 is 18.6. The van der Waals surface area contributed by atoms with E-state index in [2.05, 4.69) is 9.72 Å². The molecule has 0 radical (unpaired) electrons. The monoisotopic (exact) mass is 359 g/mol. The molecule has 0 aliphatic carbocycles. The zero-order chi connectivity index (χ0) is 17.3. The maximum Gasteiger partial charge on any atom is 0.358 e. The Labute approximate surface area is 138 Å². The molecule has 0 saturated heterocycles. The average Bonchev–Trinajstić information content (AvgIpc) is 2.49. The number of ether oxygens (including phenoxy) is 1. The number of halogens is 3. The molecule has 0 aliphatic heterocycles. The Balaban J connectivity index is 2.72. The van der Waals surface area contributed by atoms with Crippen LogP contribution in [0.4, 0.5) is 15.8 Å². The Morgan fingerprint density at radius 1 is 1.39 bits per heavy atom. The van der Waals surface area contributed by atoms with E-state index in [9.17, 15) is 19.3 Å². The molecule has 0 unspecified atom stereocenters. The van der Waals surface area contributed by atoms with Gasteiger partial charge in [-0.25, -0.2) is 14.2 Å². The number of rotatable bonds is 3. The number of hydrogen-bond acceptors (Lipinski definition) is 6. The Bertz CT molecular complexity index is 829. The number of nitrogens with two attached hydrogens (primary N) is 1. The fourth-order valence-corrected chi connectivity index (χ4v) is 2.19. The molecule has 10 heteroatoms. The fraction of sp³-hybridized carbons (Fsp3) is 0.0769. The minimum absolute atomic E-state index is 0.0610. The normalized spacial score (nSPS) is 10.4. The minimum atomic E-state index is -0.882. The van der Waals surface area contributed by atoms with Gasteiger partial charge in [0.15, 0.2) is 5.69 Å². The van der Waals surface area contributed by atoms with Crippen LogP contribution in [0.1, 0.15) is 10.5 Å². The molecule has 0 saturated carbocycles. The van der Waals surface area contributed by atoms with Gasteiger partial charge in [-0.15, -0.1) is 0 Å². The third-order valence-corrected chi connectivity index (χ3v) is 3.57. The number of nitrogens with zero attached hydrogens (tertiary/aromatic N) is 2. The number of esters is 1. The van der Waals surface area contributed by atoms with Crippen molar-refractivity contribution in [1.82, 2.24) is 4.98 Å². The van der Waals surface area contributed by atoms with Crippen LogP contribution in [-0.4, -0.2) is 23.0 Å². The second-order valence-corrected chi connectivity index (χ2v) is 5.08. The van der Waals surface area contributed by atoms with Crippen molar-refractivity contribution < 1.29 is 18.8 Å². The molecule has 1 aromatic carbocycles. The van der Waals surface area contributed by atoms with Crippen molar-refractivity contribution in [2.75, 3.05) is 12.8 Å². The lowest BCUT2D eigenvalue weighted by atomic mass is 10.1. The number of benzene rings is 1. The molecule has 0 atom stereocenters. The molecule has 120 valence electrons. The lowest BCUT2D eigenvalue weighted by Crippen LogP contribution is -2.08. The summed E-state index contributed by atoms with van der Waals surface area (Å²) in [4.78, 5) is 25.7. The van der Waals surface area contributed by atoms with E-state index in [-0.39, 0.29) is 32.7 Å². The highest BCUT2D eigenvalue weighted by Crippen LogP contribution is 2.34. The minimum Gasteiger partial charge on any atom is -0.464 e. The zero-order valence-corrected chi connectivity index (χ0v) is 13.0. The molecule has 2 N–H and O–H groups in total. The molecule has 7 nitrogen and oxygen atoms in total. The van der Waals surface area contributed by atoms with Crippen molar-refractivity contribution >= 4 is 40.5 Å². The van der Waals surface area contributed by atoms with Crippen LogP contribution in [0.25, 0.3) is 11.3 Å². The lowest BCUT2D eigenvalue weighted by Gasteiger charge is -2.09. The van der Waals surface area contributed by atoms with Crippen molar-refractivity contribution in [2.45, 2.75) is 0 Å². The molecule has 0 amide bonds. The molecule has 1 heterocycles. The van der Waals surface area contributed by atoms with Gasteiger partial charge >= 0.3 is 5.97 Å².